The van der Waals surface area contributed by atoms with Crippen LogP contribution in [-0.2, 0) is 6.42 Å². The topological polar surface area (TPSA) is 43.8 Å². The quantitative estimate of drug-likeness (QED) is 0.651. The number of carboxylic acids is 1. The van der Waals surface area contributed by atoms with E-state index in [1.54, 1.807) is 12.1 Å². The van der Waals surface area contributed by atoms with Gasteiger partial charge in [0.15, 0.2) is 0 Å². The molecule has 3 rings (SSSR count). The molecule has 1 aliphatic rings. The number of hydrogen-bond donors (Lipinski definition) is 1. The van der Waals surface area contributed by atoms with Crippen LogP contribution in [0.2, 0.25) is 5.02 Å². The lowest BCUT2D eigenvalue weighted by molar-refractivity contribution is 0.0697. The van der Waals surface area contributed by atoms with E-state index in [0.29, 0.717) is 5.56 Å². The maximum absolute atomic E-state index is 10.9. The first-order valence-corrected chi connectivity index (χ1v) is 9.67. The van der Waals surface area contributed by atoms with Crippen LogP contribution in [0.15, 0.2) is 54.6 Å². The summed E-state index contributed by atoms with van der Waals surface area (Å²) in [5, 5.41) is 9.71. The normalized spacial score (nSPS) is 14.9. The van der Waals surface area contributed by atoms with E-state index >= 15 is 0 Å². The predicted molar refractivity (Wildman–Crippen MR) is 125 cm³/mol. The summed E-state index contributed by atoms with van der Waals surface area (Å²) in [5.74, 6) is -0.872. The van der Waals surface area contributed by atoms with Crippen LogP contribution in [-0.4, -0.2) is 60.1 Å². The Kier molecular flexibility index (Phi) is 11.3. The van der Waals surface area contributed by atoms with Gasteiger partial charge in [0.1, 0.15) is 0 Å². The molecule has 2 aromatic carbocycles. The third-order valence-electron chi connectivity index (χ3n) is 4.93. The van der Waals surface area contributed by atoms with Crippen molar-refractivity contribution in [3.63, 3.8) is 0 Å². The Balaban J connectivity index is 0.00000210. The van der Waals surface area contributed by atoms with Crippen molar-refractivity contribution >= 4 is 48.5 Å². The molecule has 7 heteroatoms. The van der Waals surface area contributed by atoms with E-state index in [1.807, 2.05) is 36.4 Å². The molecule has 4 nitrogen and oxygen atoms in total. The maximum atomic E-state index is 10.9. The molecular weight excluding hydrogens is 431 g/mol. The van der Waals surface area contributed by atoms with Gasteiger partial charge in [0, 0.05) is 44.3 Å². The van der Waals surface area contributed by atoms with Gasteiger partial charge in [-0.05, 0) is 41.8 Å². The molecule has 0 radical (unpaired) electrons. The fourth-order valence-corrected chi connectivity index (χ4v) is 3.33. The van der Waals surface area contributed by atoms with Crippen molar-refractivity contribution in [2.24, 2.45) is 0 Å². The van der Waals surface area contributed by atoms with E-state index in [0.717, 1.165) is 50.7 Å². The van der Waals surface area contributed by atoms with Gasteiger partial charge in [-0.1, -0.05) is 48.0 Å². The van der Waals surface area contributed by atoms with Crippen molar-refractivity contribution in [3.8, 4) is 0 Å². The highest BCUT2D eigenvalue weighted by molar-refractivity contribution is 6.30. The van der Waals surface area contributed by atoms with Crippen LogP contribution in [0.3, 0.4) is 0 Å². The first kappa shape index (κ1) is 25.5. The summed E-state index contributed by atoms with van der Waals surface area (Å²) < 4.78 is 0. The molecule has 29 heavy (non-hydrogen) atoms. The van der Waals surface area contributed by atoms with E-state index in [2.05, 4.69) is 22.0 Å². The van der Waals surface area contributed by atoms with Crippen LogP contribution < -0.4 is 0 Å². The molecule has 158 valence electrons. The number of rotatable bonds is 7. The van der Waals surface area contributed by atoms with Crippen molar-refractivity contribution in [1.29, 1.82) is 0 Å². The lowest BCUT2D eigenvalue weighted by Gasteiger charge is -2.34. The molecule has 1 saturated heterocycles. The lowest BCUT2D eigenvalue weighted by Crippen LogP contribution is -2.46. The zero-order valence-corrected chi connectivity index (χ0v) is 18.6. The van der Waals surface area contributed by atoms with Crippen LogP contribution >= 0.6 is 36.4 Å². The summed E-state index contributed by atoms with van der Waals surface area (Å²) >= 11 is 5.90. The highest BCUT2D eigenvalue weighted by Gasteiger charge is 2.15. The summed E-state index contributed by atoms with van der Waals surface area (Å²) in [6, 6.07) is 15.1. The molecule has 1 heterocycles. The molecule has 0 aromatic heterocycles. The molecule has 0 atom stereocenters. The van der Waals surface area contributed by atoms with Crippen molar-refractivity contribution in [1.82, 2.24) is 9.80 Å². The Bertz CT molecular complexity index is 772. The fraction of sp³-hybridized carbons (Fsp3) is 0.318. The molecule has 2 aromatic rings. The van der Waals surface area contributed by atoms with Gasteiger partial charge in [-0.15, -0.1) is 24.8 Å². The monoisotopic (exact) mass is 456 g/mol. The second kappa shape index (κ2) is 12.9. The smallest absolute Gasteiger partial charge is 0.335 e. The molecule has 0 bridgehead atoms. The first-order chi connectivity index (χ1) is 13.1. The fourth-order valence-electron chi connectivity index (χ4n) is 3.21. The number of piperazine rings is 1. The van der Waals surface area contributed by atoms with Gasteiger partial charge in [0.05, 0.1) is 5.56 Å². The molecule has 0 unspecified atom stereocenters. The molecule has 1 fully saturated rings. The minimum Gasteiger partial charge on any atom is -0.478 e. The summed E-state index contributed by atoms with van der Waals surface area (Å²) in [7, 11) is 0. The first-order valence-electron chi connectivity index (χ1n) is 9.29. The van der Waals surface area contributed by atoms with Crippen LogP contribution in [0.1, 0.15) is 21.5 Å². The molecule has 1 aliphatic heterocycles. The SMILES string of the molecule is Cl.Cl.O=C(O)c1ccc(CCN2CCN(CC=Cc3ccc(Cl)cc3)CC2)cc1. The van der Waals surface area contributed by atoms with Gasteiger partial charge in [-0.3, -0.25) is 4.90 Å². The van der Waals surface area contributed by atoms with E-state index in [4.69, 9.17) is 16.7 Å². The zero-order chi connectivity index (χ0) is 19.1. The van der Waals surface area contributed by atoms with Crippen molar-refractivity contribution < 1.29 is 9.90 Å². The van der Waals surface area contributed by atoms with E-state index in [9.17, 15) is 4.79 Å². The third kappa shape index (κ3) is 8.37. The minimum absolute atomic E-state index is 0. The van der Waals surface area contributed by atoms with Crippen LogP contribution in [0.5, 0.6) is 0 Å². The summed E-state index contributed by atoms with van der Waals surface area (Å²) in [4.78, 5) is 15.8. The van der Waals surface area contributed by atoms with Crippen molar-refractivity contribution in [2.75, 3.05) is 39.3 Å². The Labute approximate surface area is 190 Å². The number of benzene rings is 2. The summed E-state index contributed by atoms with van der Waals surface area (Å²) in [6.07, 6.45) is 5.31. The largest absolute Gasteiger partial charge is 0.478 e. The van der Waals surface area contributed by atoms with Gasteiger partial charge >= 0.3 is 5.97 Å². The summed E-state index contributed by atoms with van der Waals surface area (Å²) in [6.45, 7) is 6.27. The molecule has 0 amide bonds. The van der Waals surface area contributed by atoms with E-state index in [-0.39, 0.29) is 24.8 Å². The number of halogens is 3. The number of hydrogen-bond acceptors (Lipinski definition) is 3. The van der Waals surface area contributed by atoms with Gasteiger partial charge in [-0.25, -0.2) is 4.79 Å². The van der Waals surface area contributed by atoms with Crippen molar-refractivity contribution in [2.45, 2.75) is 6.42 Å². The Morgan fingerprint density at radius 2 is 1.52 bits per heavy atom. The molecule has 0 spiro atoms. The van der Waals surface area contributed by atoms with E-state index in [1.165, 1.54) is 11.1 Å². The molecule has 1 N–H and O–H groups in total. The minimum atomic E-state index is -0.872. The van der Waals surface area contributed by atoms with E-state index < -0.39 is 5.97 Å². The molecular formula is C22H27Cl3N2O2. The number of nitrogens with zero attached hydrogens (tertiary/aromatic N) is 2. The summed E-state index contributed by atoms with van der Waals surface area (Å²) in [5.41, 5.74) is 2.71. The second-order valence-corrected chi connectivity index (χ2v) is 7.28. The molecule has 0 saturated carbocycles. The van der Waals surface area contributed by atoms with Gasteiger partial charge in [0.2, 0.25) is 0 Å². The average Bonchev–Trinajstić information content (AvgIpc) is 2.69. The number of carboxylic acid groups (broad SMARTS) is 1. The van der Waals surface area contributed by atoms with Crippen LogP contribution in [0, 0.1) is 0 Å². The highest BCUT2D eigenvalue weighted by atomic mass is 35.5. The van der Waals surface area contributed by atoms with Crippen LogP contribution in [0.4, 0.5) is 0 Å². The number of carbonyl (C=O) groups is 1. The second-order valence-electron chi connectivity index (χ2n) is 6.85. The Morgan fingerprint density at radius 3 is 2.10 bits per heavy atom. The lowest BCUT2D eigenvalue weighted by atomic mass is 10.1. The zero-order valence-electron chi connectivity index (χ0n) is 16.2. The average molecular weight is 458 g/mol. The van der Waals surface area contributed by atoms with Gasteiger partial charge in [-0.2, -0.15) is 0 Å². The van der Waals surface area contributed by atoms with Gasteiger partial charge in [0.25, 0.3) is 0 Å². The standard InChI is InChI=1S/C22H25ClN2O2.2ClH/c23-21-9-5-18(6-10-21)2-1-12-24-14-16-25(17-15-24)13-11-19-3-7-20(8-4-19)22(26)27;;/h1-10H,11-17H2,(H,26,27);2*1H. The predicted octanol–water partition coefficient (Wildman–Crippen LogP) is 4.76. The Morgan fingerprint density at radius 1 is 0.931 bits per heavy atom. The van der Waals surface area contributed by atoms with Gasteiger partial charge < -0.3 is 10.0 Å². The maximum Gasteiger partial charge on any atom is 0.335 e. The van der Waals surface area contributed by atoms with Crippen molar-refractivity contribution in [3.05, 3.63) is 76.3 Å². The third-order valence-corrected chi connectivity index (χ3v) is 5.18. The van der Waals surface area contributed by atoms with Crippen LogP contribution in [0.25, 0.3) is 6.08 Å². The Hall–Kier alpha value is -1.56. The molecule has 0 aliphatic carbocycles. The highest BCUT2D eigenvalue weighted by Crippen LogP contribution is 2.11. The number of aromatic carboxylic acids is 1.